The molecule has 1 aromatic carbocycles. The van der Waals surface area contributed by atoms with E-state index in [2.05, 4.69) is 41.8 Å². The quantitative estimate of drug-likeness (QED) is 0.565. The van der Waals surface area contributed by atoms with E-state index in [4.69, 9.17) is 4.74 Å². The second kappa shape index (κ2) is 9.94. The predicted octanol–water partition coefficient (Wildman–Crippen LogP) is 5.01. The van der Waals surface area contributed by atoms with Gasteiger partial charge in [-0.1, -0.05) is 13.0 Å². The lowest BCUT2D eigenvalue weighted by atomic mass is 9.54. The van der Waals surface area contributed by atoms with Crippen LogP contribution in [0.2, 0.25) is 0 Å². The Hall–Kier alpha value is -1.59. The summed E-state index contributed by atoms with van der Waals surface area (Å²) >= 11 is 0. The summed E-state index contributed by atoms with van der Waals surface area (Å²) in [5.74, 6) is 2.66. The second-order valence-electron chi connectivity index (χ2n) is 12.9. The summed E-state index contributed by atoms with van der Waals surface area (Å²) in [4.78, 5) is 18.3. The van der Waals surface area contributed by atoms with Crippen molar-refractivity contribution >= 4 is 5.91 Å². The summed E-state index contributed by atoms with van der Waals surface area (Å²) in [6.45, 7) is 9.60. The number of carbonyl (C=O) groups excluding carboxylic acids is 1. The highest BCUT2D eigenvalue weighted by Crippen LogP contribution is 2.63. The fourth-order valence-corrected chi connectivity index (χ4v) is 8.94. The molecule has 1 amide bonds. The molecule has 7 atom stereocenters. The molecule has 2 saturated carbocycles. The summed E-state index contributed by atoms with van der Waals surface area (Å²) in [5, 5.41) is 11.2. The molecule has 2 saturated heterocycles. The Morgan fingerprint density at radius 3 is 2.75 bits per heavy atom. The highest BCUT2D eigenvalue weighted by molar-refractivity contribution is 5.80. The SMILES string of the molecule is C[C@@H]1CCCN1CCCOc1ccc2c(c1)CC[C@H]1[C@@H]3[C@@H](C(=O)N4CCCC4)C[C@H](O)[C@@]3(C)CC[C@H]21. The summed E-state index contributed by atoms with van der Waals surface area (Å²) < 4.78 is 6.20. The van der Waals surface area contributed by atoms with E-state index >= 15 is 0 Å². The summed E-state index contributed by atoms with van der Waals surface area (Å²) in [6.07, 6.45) is 10.7. The van der Waals surface area contributed by atoms with Crippen molar-refractivity contribution in [3.63, 3.8) is 0 Å². The predicted molar refractivity (Wildman–Crippen MR) is 142 cm³/mol. The second-order valence-corrected chi connectivity index (χ2v) is 12.9. The van der Waals surface area contributed by atoms with Gasteiger partial charge in [0.2, 0.25) is 5.91 Å². The Bertz CT molecular complexity index is 959. The number of benzene rings is 1. The number of nitrogens with zero attached hydrogens (tertiary/aromatic N) is 2. The molecule has 3 aliphatic carbocycles. The van der Waals surface area contributed by atoms with E-state index in [1.165, 1.54) is 30.5 Å². The summed E-state index contributed by atoms with van der Waals surface area (Å²) in [7, 11) is 0. The van der Waals surface area contributed by atoms with Crippen molar-refractivity contribution in [2.45, 2.75) is 96.1 Å². The van der Waals surface area contributed by atoms with Crippen LogP contribution >= 0.6 is 0 Å². The number of aliphatic hydroxyl groups is 1. The minimum absolute atomic E-state index is 0.00150. The van der Waals surface area contributed by atoms with Gasteiger partial charge in [0.15, 0.2) is 0 Å². The smallest absolute Gasteiger partial charge is 0.226 e. The zero-order chi connectivity index (χ0) is 24.9. The van der Waals surface area contributed by atoms with Gasteiger partial charge in [0, 0.05) is 31.6 Å². The molecule has 0 radical (unpaired) electrons. The van der Waals surface area contributed by atoms with Gasteiger partial charge in [-0.05, 0) is 124 Å². The normalized spacial score (nSPS) is 38.0. The minimum Gasteiger partial charge on any atom is -0.494 e. The van der Waals surface area contributed by atoms with Gasteiger partial charge in [0.1, 0.15) is 5.75 Å². The molecule has 1 N–H and O–H groups in total. The van der Waals surface area contributed by atoms with Crippen LogP contribution in [0.1, 0.15) is 88.7 Å². The number of aryl methyl sites for hydroxylation is 1. The molecule has 0 bridgehead atoms. The largest absolute Gasteiger partial charge is 0.494 e. The molecule has 0 aromatic heterocycles. The maximum absolute atomic E-state index is 13.6. The zero-order valence-corrected chi connectivity index (χ0v) is 22.5. The van der Waals surface area contributed by atoms with E-state index in [1.54, 1.807) is 0 Å². The van der Waals surface area contributed by atoms with Crippen LogP contribution < -0.4 is 4.74 Å². The zero-order valence-electron chi connectivity index (χ0n) is 22.5. The number of rotatable bonds is 6. The molecule has 0 spiro atoms. The lowest BCUT2D eigenvalue weighted by molar-refractivity contribution is -0.138. The number of carbonyl (C=O) groups is 1. The molecule has 6 rings (SSSR count). The van der Waals surface area contributed by atoms with E-state index in [9.17, 15) is 9.90 Å². The van der Waals surface area contributed by atoms with Crippen LogP contribution in [0.4, 0.5) is 0 Å². The number of hydrogen-bond donors (Lipinski definition) is 1. The topological polar surface area (TPSA) is 53.0 Å². The van der Waals surface area contributed by atoms with Crippen LogP contribution in [0.25, 0.3) is 0 Å². The van der Waals surface area contributed by atoms with Crippen molar-refractivity contribution in [2.24, 2.45) is 23.2 Å². The fraction of sp³-hybridized carbons (Fsp3) is 0.774. The molecule has 5 aliphatic rings. The third-order valence-electron chi connectivity index (χ3n) is 11.0. The van der Waals surface area contributed by atoms with E-state index < -0.39 is 0 Å². The first kappa shape index (κ1) is 24.7. The maximum atomic E-state index is 13.6. The first-order valence-corrected chi connectivity index (χ1v) is 14.9. The molecule has 198 valence electrons. The Kier molecular flexibility index (Phi) is 6.83. The molecule has 5 nitrogen and oxygen atoms in total. The fourth-order valence-electron chi connectivity index (χ4n) is 8.94. The first-order chi connectivity index (χ1) is 17.5. The Balaban J connectivity index is 1.14. The van der Waals surface area contributed by atoms with Gasteiger partial charge in [-0.3, -0.25) is 4.79 Å². The van der Waals surface area contributed by atoms with Gasteiger partial charge in [-0.15, -0.1) is 0 Å². The Labute approximate surface area is 217 Å². The number of fused-ring (bicyclic) bond motifs is 5. The summed E-state index contributed by atoms with van der Waals surface area (Å²) in [6, 6.07) is 7.54. The Morgan fingerprint density at radius 1 is 1.14 bits per heavy atom. The van der Waals surface area contributed by atoms with Crippen LogP contribution in [0.15, 0.2) is 18.2 Å². The van der Waals surface area contributed by atoms with Gasteiger partial charge in [-0.25, -0.2) is 0 Å². The van der Waals surface area contributed by atoms with Crippen molar-refractivity contribution in [3.05, 3.63) is 29.3 Å². The third kappa shape index (κ3) is 4.28. The Morgan fingerprint density at radius 2 is 1.97 bits per heavy atom. The molecule has 0 unspecified atom stereocenters. The number of likely N-dealkylation sites (tertiary alicyclic amines) is 2. The monoisotopic (exact) mass is 494 g/mol. The van der Waals surface area contributed by atoms with Crippen molar-refractivity contribution in [2.75, 3.05) is 32.8 Å². The van der Waals surface area contributed by atoms with Gasteiger partial charge in [0.25, 0.3) is 0 Å². The van der Waals surface area contributed by atoms with Gasteiger partial charge in [0.05, 0.1) is 12.7 Å². The van der Waals surface area contributed by atoms with Crippen LogP contribution in [0.5, 0.6) is 5.75 Å². The summed E-state index contributed by atoms with van der Waals surface area (Å²) in [5.41, 5.74) is 2.82. The molecular formula is C31H46N2O3. The average Bonchev–Trinajstić information content (AvgIpc) is 3.61. The number of ether oxygens (including phenoxy) is 1. The molecule has 2 aliphatic heterocycles. The van der Waals surface area contributed by atoms with E-state index in [1.807, 2.05) is 0 Å². The van der Waals surface area contributed by atoms with Crippen molar-refractivity contribution in [3.8, 4) is 5.75 Å². The highest BCUT2D eigenvalue weighted by Gasteiger charge is 2.60. The highest BCUT2D eigenvalue weighted by atomic mass is 16.5. The van der Waals surface area contributed by atoms with Gasteiger partial charge in [-0.2, -0.15) is 0 Å². The van der Waals surface area contributed by atoms with Crippen LogP contribution in [-0.4, -0.2) is 65.7 Å². The molecule has 4 fully saturated rings. The van der Waals surface area contributed by atoms with Crippen molar-refractivity contribution < 1.29 is 14.6 Å². The number of amides is 1. The lowest BCUT2D eigenvalue weighted by Crippen LogP contribution is -2.48. The van der Waals surface area contributed by atoms with Gasteiger partial charge >= 0.3 is 0 Å². The molecule has 36 heavy (non-hydrogen) atoms. The van der Waals surface area contributed by atoms with Crippen molar-refractivity contribution in [1.29, 1.82) is 0 Å². The van der Waals surface area contributed by atoms with Crippen LogP contribution in [0, 0.1) is 23.2 Å². The van der Waals surface area contributed by atoms with E-state index in [-0.39, 0.29) is 17.4 Å². The third-order valence-corrected chi connectivity index (χ3v) is 11.0. The molecule has 1 aromatic rings. The lowest BCUT2D eigenvalue weighted by Gasteiger charge is -2.51. The molecule has 2 heterocycles. The number of hydrogen-bond acceptors (Lipinski definition) is 4. The average molecular weight is 495 g/mol. The minimum atomic E-state index is -0.347. The molecule has 5 heteroatoms. The van der Waals surface area contributed by atoms with Crippen LogP contribution in [0.3, 0.4) is 0 Å². The standard InChI is InChI=1S/C31H46N2O3/c1-21-7-5-16-32(21)17-6-18-36-23-9-11-24-22(19-23)8-10-26-25(24)12-13-31(2)28(34)20-27(29(26)31)30(35)33-14-3-4-15-33/h9,11,19,21,25-29,34H,3-8,10,12-18,20H2,1-2H3/t21-,25-,26-,27+,28+,29-,31-/m1/s1. The molecular weight excluding hydrogens is 448 g/mol. The first-order valence-electron chi connectivity index (χ1n) is 14.9. The van der Waals surface area contributed by atoms with Crippen molar-refractivity contribution in [1.82, 2.24) is 9.80 Å². The van der Waals surface area contributed by atoms with E-state index in [0.29, 0.717) is 30.1 Å². The van der Waals surface area contributed by atoms with Gasteiger partial charge < -0.3 is 19.6 Å². The van der Waals surface area contributed by atoms with Crippen LogP contribution in [-0.2, 0) is 11.2 Å². The number of aliphatic hydroxyl groups excluding tert-OH is 1. The maximum Gasteiger partial charge on any atom is 0.226 e. The van der Waals surface area contributed by atoms with E-state index in [0.717, 1.165) is 83.0 Å².